The Bertz CT molecular complexity index is 324. The first-order valence-electron chi connectivity index (χ1n) is 5.24. The predicted octanol–water partition coefficient (Wildman–Crippen LogP) is 0.172. The van der Waals surface area contributed by atoms with Gasteiger partial charge < -0.3 is 10.4 Å². The second-order valence-corrected chi connectivity index (χ2v) is 7.76. The van der Waals surface area contributed by atoms with Crippen molar-refractivity contribution in [2.45, 2.75) is 32.7 Å². The van der Waals surface area contributed by atoms with Crippen LogP contribution in [0.2, 0.25) is 0 Å². The molecule has 0 aromatic heterocycles. The van der Waals surface area contributed by atoms with Crippen LogP contribution in [0.15, 0.2) is 0 Å². The molecule has 1 unspecified atom stereocenters. The van der Waals surface area contributed by atoms with Gasteiger partial charge in [0.05, 0.1) is 11.5 Å². The fourth-order valence-corrected chi connectivity index (χ4v) is 3.78. The molecule has 90 valence electrons. The zero-order valence-electron chi connectivity index (χ0n) is 9.71. The highest BCUT2D eigenvalue weighted by molar-refractivity contribution is 7.91. The molecule has 1 fully saturated rings. The number of nitrogens with one attached hydrogen (secondary N) is 1. The first-order chi connectivity index (χ1) is 6.68. The van der Waals surface area contributed by atoms with Crippen molar-refractivity contribution in [1.82, 2.24) is 5.32 Å². The summed E-state index contributed by atoms with van der Waals surface area (Å²) in [5.74, 6) is 0.484. The maximum absolute atomic E-state index is 11.4. The highest BCUT2D eigenvalue weighted by Crippen LogP contribution is 2.24. The maximum Gasteiger partial charge on any atom is 0.152 e. The molecule has 0 aromatic rings. The lowest BCUT2D eigenvalue weighted by atomic mass is 9.92. The Morgan fingerprint density at radius 1 is 1.47 bits per heavy atom. The molecular weight excluding hydrogens is 214 g/mol. The molecule has 0 aromatic carbocycles. The van der Waals surface area contributed by atoms with Gasteiger partial charge in [0.25, 0.3) is 0 Å². The molecule has 1 atom stereocenters. The van der Waals surface area contributed by atoms with E-state index >= 15 is 0 Å². The van der Waals surface area contributed by atoms with Crippen LogP contribution in [0, 0.1) is 5.41 Å². The Kier molecular flexibility index (Phi) is 3.48. The molecule has 0 spiro atoms. The van der Waals surface area contributed by atoms with Crippen LogP contribution >= 0.6 is 0 Å². The number of hydrogen-bond donors (Lipinski definition) is 2. The van der Waals surface area contributed by atoms with Crippen molar-refractivity contribution in [2.24, 2.45) is 5.41 Å². The van der Waals surface area contributed by atoms with E-state index < -0.39 is 9.84 Å². The zero-order valence-corrected chi connectivity index (χ0v) is 10.5. The average Bonchev–Trinajstić information content (AvgIpc) is 2.39. The van der Waals surface area contributed by atoms with Gasteiger partial charge in [0.1, 0.15) is 0 Å². The van der Waals surface area contributed by atoms with E-state index in [2.05, 4.69) is 5.32 Å². The summed E-state index contributed by atoms with van der Waals surface area (Å²) >= 11 is 0. The summed E-state index contributed by atoms with van der Waals surface area (Å²) in [6.45, 7) is 6.57. The molecule has 1 aliphatic rings. The minimum absolute atomic E-state index is 0.100. The molecule has 1 saturated heterocycles. The van der Waals surface area contributed by atoms with Crippen LogP contribution < -0.4 is 5.32 Å². The van der Waals surface area contributed by atoms with E-state index in [-0.39, 0.29) is 29.1 Å². The van der Waals surface area contributed by atoms with Crippen LogP contribution in [-0.4, -0.2) is 43.7 Å². The van der Waals surface area contributed by atoms with Gasteiger partial charge in [-0.15, -0.1) is 0 Å². The SMILES string of the molecule is CC(C)(CO)CNC1(C)CCS(=O)(=O)C1. The number of aliphatic hydroxyl groups is 1. The van der Waals surface area contributed by atoms with Gasteiger partial charge in [-0.2, -0.15) is 0 Å². The highest BCUT2D eigenvalue weighted by Gasteiger charge is 2.38. The third-order valence-electron chi connectivity index (χ3n) is 2.93. The Hall–Kier alpha value is -0.130. The predicted molar refractivity (Wildman–Crippen MR) is 60.5 cm³/mol. The zero-order chi connectivity index (χ0) is 11.7. The molecule has 2 N–H and O–H groups in total. The summed E-state index contributed by atoms with van der Waals surface area (Å²) in [7, 11) is -2.85. The first-order valence-corrected chi connectivity index (χ1v) is 7.07. The van der Waals surface area contributed by atoms with Crippen molar-refractivity contribution in [3.8, 4) is 0 Å². The van der Waals surface area contributed by atoms with E-state index in [0.29, 0.717) is 13.0 Å². The van der Waals surface area contributed by atoms with Gasteiger partial charge >= 0.3 is 0 Å². The standard InChI is InChI=1S/C10H21NO3S/c1-9(2,7-12)6-11-10(3)4-5-15(13,14)8-10/h11-12H,4-8H2,1-3H3. The number of aliphatic hydroxyl groups excluding tert-OH is 1. The first kappa shape index (κ1) is 12.9. The quantitative estimate of drug-likeness (QED) is 0.729. The number of sulfone groups is 1. The van der Waals surface area contributed by atoms with E-state index in [0.717, 1.165) is 0 Å². The summed E-state index contributed by atoms with van der Waals surface area (Å²) in [5, 5.41) is 12.4. The van der Waals surface area contributed by atoms with Gasteiger partial charge in [-0.1, -0.05) is 13.8 Å². The fourth-order valence-electron chi connectivity index (χ4n) is 1.66. The lowest BCUT2D eigenvalue weighted by Gasteiger charge is -2.30. The monoisotopic (exact) mass is 235 g/mol. The molecule has 0 radical (unpaired) electrons. The number of rotatable bonds is 4. The Morgan fingerprint density at radius 2 is 2.07 bits per heavy atom. The Balaban J connectivity index is 2.53. The van der Waals surface area contributed by atoms with E-state index in [1.165, 1.54) is 0 Å². The van der Waals surface area contributed by atoms with E-state index in [1.807, 2.05) is 20.8 Å². The molecular formula is C10H21NO3S. The van der Waals surface area contributed by atoms with E-state index in [9.17, 15) is 8.42 Å². The third-order valence-corrected chi connectivity index (χ3v) is 4.83. The normalized spacial score (nSPS) is 30.7. The van der Waals surface area contributed by atoms with Crippen molar-refractivity contribution >= 4 is 9.84 Å². The smallest absolute Gasteiger partial charge is 0.152 e. The molecule has 5 heteroatoms. The van der Waals surface area contributed by atoms with Crippen molar-refractivity contribution < 1.29 is 13.5 Å². The second kappa shape index (κ2) is 4.03. The molecule has 0 aliphatic carbocycles. The summed E-state index contributed by atoms with van der Waals surface area (Å²) < 4.78 is 22.7. The lowest BCUT2D eigenvalue weighted by Crippen LogP contribution is -2.48. The topological polar surface area (TPSA) is 66.4 Å². The van der Waals surface area contributed by atoms with Crippen LogP contribution in [0.5, 0.6) is 0 Å². The van der Waals surface area contributed by atoms with Gasteiger partial charge in [0, 0.05) is 24.1 Å². The van der Waals surface area contributed by atoms with Crippen molar-refractivity contribution in [3.05, 3.63) is 0 Å². The van der Waals surface area contributed by atoms with Gasteiger partial charge in [-0.25, -0.2) is 8.42 Å². The van der Waals surface area contributed by atoms with Gasteiger partial charge in [0.15, 0.2) is 9.84 Å². The lowest BCUT2D eigenvalue weighted by molar-refractivity contribution is 0.146. The third kappa shape index (κ3) is 3.74. The van der Waals surface area contributed by atoms with Crippen LogP contribution in [0.3, 0.4) is 0 Å². The van der Waals surface area contributed by atoms with Gasteiger partial charge in [0.2, 0.25) is 0 Å². The average molecular weight is 235 g/mol. The summed E-state index contributed by atoms with van der Waals surface area (Å²) in [5.41, 5.74) is -0.513. The van der Waals surface area contributed by atoms with Crippen molar-refractivity contribution in [3.63, 3.8) is 0 Å². The number of hydrogen-bond acceptors (Lipinski definition) is 4. The highest BCUT2D eigenvalue weighted by atomic mass is 32.2. The minimum Gasteiger partial charge on any atom is -0.396 e. The van der Waals surface area contributed by atoms with Crippen molar-refractivity contribution in [1.29, 1.82) is 0 Å². The van der Waals surface area contributed by atoms with Crippen LogP contribution in [0.4, 0.5) is 0 Å². The minimum atomic E-state index is -2.85. The molecule has 0 amide bonds. The summed E-state index contributed by atoms with van der Waals surface area (Å²) in [4.78, 5) is 0. The molecule has 1 heterocycles. The van der Waals surface area contributed by atoms with Gasteiger partial charge in [-0.3, -0.25) is 0 Å². The molecule has 1 aliphatic heterocycles. The summed E-state index contributed by atoms with van der Waals surface area (Å²) in [6.07, 6.45) is 0.664. The van der Waals surface area contributed by atoms with Crippen LogP contribution in [0.1, 0.15) is 27.2 Å². The fraction of sp³-hybridized carbons (Fsp3) is 1.00. The Morgan fingerprint density at radius 3 is 2.47 bits per heavy atom. The largest absolute Gasteiger partial charge is 0.396 e. The van der Waals surface area contributed by atoms with E-state index in [4.69, 9.17) is 5.11 Å². The van der Waals surface area contributed by atoms with Gasteiger partial charge in [-0.05, 0) is 13.3 Å². The van der Waals surface area contributed by atoms with Crippen LogP contribution in [0.25, 0.3) is 0 Å². The summed E-state index contributed by atoms with van der Waals surface area (Å²) in [6, 6.07) is 0. The molecule has 0 bridgehead atoms. The maximum atomic E-state index is 11.4. The molecule has 0 saturated carbocycles. The molecule has 1 rings (SSSR count). The van der Waals surface area contributed by atoms with Crippen LogP contribution in [-0.2, 0) is 9.84 Å². The molecule has 15 heavy (non-hydrogen) atoms. The molecule has 4 nitrogen and oxygen atoms in total. The second-order valence-electron chi connectivity index (χ2n) is 5.58. The Labute approximate surface area is 92.0 Å². The van der Waals surface area contributed by atoms with E-state index in [1.54, 1.807) is 0 Å². The van der Waals surface area contributed by atoms with Crippen molar-refractivity contribution in [2.75, 3.05) is 24.7 Å².